The van der Waals surface area contributed by atoms with E-state index in [2.05, 4.69) is 249 Å². The van der Waals surface area contributed by atoms with Crippen LogP contribution in [0.3, 0.4) is 0 Å². The SMILES string of the molecule is CC1(C)c2ccccc2-c2cc3c(cc21)-c1cccc(N(c2ccc(-c4cccc5c4oc4ccccc45)cc2)c2ccc(-c4cccc5c4c4ccccc4n5-c4ccccc4)cc2)c1C3(C)C. The maximum Gasteiger partial charge on any atom is 0.143 e. The van der Waals surface area contributed by atoms with E-state index in [1.54, 1.807) is 0 Å². The zero-order chi connectivity index (χ0) is 46.2. The van der Waals surface area contributed by atoms with Crippen LogP contribution in [-0.2, 0) is 10.8 Å². The summed E-state index contributed by atoms with van der Waals surface area (Å²) < 4.78 is 8.93. The molecule has 328 valence electrons. The molecule has 0 unspecified atom stereocenters. The normalized spacial score (nSPS) is 14.0. The van der Waals surface area contributed by atoms with Crippen LogP contribution in [0.15, 0.2) is 223 Å². The van der Waals surface area contributed by atoms with Crippen molar-refractivity contribution < 1.29 is 4.42 Å². The van der Waals surface area contributed by atoms with Crippen molar-refractivity contribution in [2.75, 3.05) is 4.90 Å². The molecule has 0 aliphatic heterocycles. The highest BCUT2D eigenvalue weighted by atomic mass is 16.3. The van der Waals surface area contributed by atoms with Gasteiger partial charge in [0.2, 0.25) is 0 Å². The maximum absolute atomic E-state index is 6.53. The Morgan fingerprint density at radius 1 is 0.391 bits per heavy atom. The van der Waals surface area contributed by atoms with Crippen LogP contribution >= 0.6 is 0 Å². The van der Waals surface area contributed by atoms with Crippen molar-refractivity contribution in [3.8, 4) is 50.2 Å². The summed E-state index contributed by atoms with van der Waals surface area (Å²) in [5.74, 6) is 0. The highest BCUT2D eigenvalue weighted by Gasteiger charge is 2.43. The number of fused-ring (bicyclic) bond motifs is 12. The van der Waals surface area contributed by atoms with E-state index in [4.69, 9.17) is 4.42 Å². The summed E-state index contributed by atoms with van der Waals surface area (Å²) in [5.41, 5.74) is 23.9. The first kappa shape index (κ1) is 39.7. The number of furan rings is 1. The predicted molar refractivity (Wildman–Crippen MR) is 289 cm³/mol. The second kappa shape index (κ2) is 14.6. The van der Waals surface area contributed by atoms with E-state index >= 15 is 0 Å². The van der Waals surface area contributed by atoms with Crippen LogP contribution in [0, 0.1) is 0 Å². The highest BCUT2D eigenvalue weighted by molar-refractivity contribution is 6.16. The molecule has 2 aromatic heterocycles. The molecule has 0 fully saturated rings. The topological polar surface area (TPSA) is 21.3 Å². The molecular weight excluding hydrogens is 837 g/mol. The summed E-state index contributed by atoms with van der Waals surface area (Å²) in [6.45, 7) is 9.61. The Balaban J connectivity index is 0.935. The van der Waals surface area contributed by atoms with Crippen LogP contribution in [0.4, 0.5) is 17.1 Å². The van der Waals surface area contributed by atoms with Gasteiger partial charge < -0.3 is 13.9 Å². The minimum atomic E-state index is -0.282. The number of aromatic nitrogens is 1. The number of hydrogen-bond acceptors (Lipinski definition) is 2. The average molecular weight is 885 g/mol. The first-order chi connectivity index (χ1) is 33.8. The van der Waals surface area contributed by atoms with Crippen molar-refractivity contribution in [1.29, 1.82) is 0 Å². The average Bonchev–Trinajstić information content (AvgIpc) is 4.08. The fourth-order valence-electron chi connectivity index (χ4n) is 12.3. The number of hydrogen-bond donors (Lipinski definition) is 0. The smallest absolute Gasteiger partial charge is 0.143 e. The van der Waals surface area contributed by atoms with Crippen molar-refractivity contribution in [1.82, 2.24) is 4.57 Å². The zero-order valence-electron chi connectivity index (χ0n) is 39.1. The summed E-state index contributed by atoms with van der Waals surface area (Å²) in [5, 5.41) is 4.78. The molecule has 0 bridgehead atoms. The summed E-state index contributed by atoms with van der Waals surface area (Å²) >= 11 is 0. The van der Waals surface area contributed by atoms with E-state index in [9.17, 15) is 0 Å². The lowest BCUT2D eigenvalue weighted by Crippen LogP contribution is -2.21. The van der Waals surface area contributed by atoms with Gasteiger partial charge in [0.15, 0.2) is 0 Å². The van der Waals surface area contributed by atoms with Crippen molar-refractivity contribution in [3.63, 3.8) is 0 Å². The van der Waals surface area contributed by atoms with Gasteiger partial charge in [-0.3, -0.25) is 0 Å². The summed E-state index contributed by atoms with van der Waals surface area (Å²) in [6.07, 6.45) is 0. The lowest BCUT2D eigenvalue weighted by Gasteiger charge is -2.32. The molecule has 0 saturated heterocycles. The quantitative estimate of drug-likeness (QED) is 0.166. The van der Waals surface area contributed by atoms with Crippen LogP contribution < -0.4 is 4.90 Å². The van der Waals surface area contributed by atoms with Gasteiger partial charge in [-0.25, -0.2) is 0 Å². The van der Waals surface area contributed by atoms with Crippen LogP contribution in [0.25, 0.3) is 93.9 Å². The van der Waals surface area contributed by atoms with Crippen molar-refractivity contribution >= 4 is 60.8 Å². The van der Waals surface area contributed by atoms with Crippen LogP contribution in [0.1, 0.15) is 49.9 Å². The Labute approximate surface area is 402 Å². The summed E-state index contributed by atoms with van der Waals surface area (Å²) in [7, 11) is 0. The zero-order valence-corrected chi connectivity index (χ0v) is 39.1. The molecular formula is C66H48N2O. The van der Waals surface area contributed by atoms with Crippen molar-refractivity contribution in [2.45, 2.75) is 38.5 Å². The second-order valence-electron chi connectivity index (χ2n) is 20.0. The summed E-state index contributed by atoms with van der Waals surface area (Å²) in [6, 6.07) is 80.3. The number of anilines is 3. The molecule has 12 aromatic rings. The van der Waals surface area contributed by atoms with E-state index in [0.717, 1.165) is 50.1 Å². The molecule has 3 nitrogen and oxygen atoms in total. The predicted octanol–water partition coefficient (Wildman–Crippen LogP) is 18.1. The molecule has 0 radical (unpaired) electrons. The van der Waals surface area contributed by atoms with Gasteiger partial charge in [-0.1, -0.05) is 173 Å². The molecule has 2 aliphatic rings. The van der Waals surface area contributed by atoms with Gasteiger partial charge in [0.05, 0.1) is 16.7 Å². The third kappa shape index (κ3) is 5.68. The molecule has 69 heavy (non-hydrogen) atoms. The van der Waals surface area contributed by atoms with Crippen molar-refractivity contribution in [2.24, 2.45) is 0 Å². The molecule has 0 amide bonds. The van der Waals surface area contributed by atoms with Gasteiger partial charge in [-0.05, 0) is 134 Å². The number of benzene rings is 10. The van der Waals surface area contributed by atoms with Gasteiger partial charge in [-0.15, -0.1) is 0 Å². The Hall–Kier alpha value is -8.40. The Morgan fingerprint density at radius 2 is 0.942 bits per heavy atom. The Morgan fingerprint density at radius 3 is 1.72 bits per heavy atom. The van der Waals surface area contributed by atoms with Gasteiger partial charge >= 0.3 is 0 Å². The van der Waals surface area contributed by atoms with Crippen LogP contribution in [0.2, 0.25) is 0 Å². The highest BCUT2D eigenvalue weighted by Crippen LogP contribution is 2.59. The summed E-state index contributed by atoms with van der Waals surface area (Å²) in [4.78, 5) is 2.48. The van der Waals surface area contributed by atoms with Crippen molar-refractivity contribution in [3.05, 3.63) is 241 Å². The monoisotopic (exact) mass is 884 g/mol. The Kier molecular flexibility index (Phi) is 8.38. The number of para-hydroxylation sites is 4. The number of rotatable bonds is 6. The van der Waals surface area contributed by atoms with E-state index in [-0.39, 0.29) is 10.8 Å². The largest absolute Gasteiger partial charge is 0.455 e. The lowest BCUT2D eigenvalue weighted by atomic mass is 9.79. The fourth-order valence-corrected chi connectivity index (χ4v) is 12.3. The molecule has 2 heterocycles. The van der Waals surface area contributed by atoms with Gasteiger partial charge in [0.1, 0.15) is 11.2 Å². The molecule has 0 atom stereocenters. The molecule has 0 saturated carbocycles. The molecule has 10 aromatic carbocycles. The van der Waals surface area contributed by atoms with E-state index in [1.807, 2.05) is 6.07 Å². The Bertz CT molecular complexity index is 4050. The van der Waals surface area contributed by atoms with Gasteiger partial charge in [0.25, 0.3) is 0 Å². The molecule has 0 spiro atoms. The minimum absolute atomic E-state index is 0.0888. The van der Waals surface area contributed by atoms with E-state index < -0.39 is 0 Å². The number of nitrogens with zero attached hydrogens (tertiary/aromatic N) is 2. The molecule has 14 rings (SSSR count). The molecule has 3 heteroatoms. The van der Waals surface area contributed by atoms with Gasteiger partial charge in [0, 0.05) is 55.0 Å². The molecule has 2 aliphatic carbocycles. The second-order valence-corrected chi connectivity index (χ2v) is 20.0. The van der Waals surface area contributed by atoms with Gasteiger partial charge in [-0.2, -0.15) is 0 Å². The lowest BCUT2D eigenvalue weighted by molar-refractivity contribution is 0.652. The minimum Gasteiger partial charge on any atom is -0.455 e. The van der Waals surface area contributed by atoms with Crippen LogP contribution in [-0.4, -0.2) is 4.57 Å². The first-order valence-corrected chi connectivity index (χ1v) is 24.2. The fraction of sp³-hybridized carbons (Fsp3) is 0.0909. The third-order valence-electron chi connectivity index (χ3n) is 15.6. The standard InChI is InChI=1S/C66H48N2O/c1-65(2)55-26-11-8-19-48(55)53-39-57-54(40-56(53)65)50-24-16-29-60(63(50)66(57,3)4)67(45-37-33-42(34-38-45)47-23-14-25-51-49-20-10-13-30-61(49)69-64(47)51)44-35-31-41(32-36-44)46-22-15-28-59-62(46)52-21-9-12-27-58(52)68(59)43-17-6-5-7-18-43/h5-40H,1-4H3. The third-order valence-corrected chi connectivity index (χ3v) is 15.6. The molecule has 0 N–H and O–H groups in total. The first-order valence-electron chi connectivity index (χ1n) is 24.2. The van der Waals surface area contributed by atoms with E-state index in [0.29, 0.717) is 0 Å². The van der Waals surface area contributed by atoms with Crippen LogP contribution in [0.5, 0.6) is 0 Å². The maximum atomic E-state index is 6.53. The van der Waals surface area contributed by atoms with E-state index in [1.165, 1.54) is 83.1 Å².